The fourth-order valence-corrected chi connectivity index (χ4v) is 7.42. The fraction of sp³-hybridized carbons (Fsp3) is 0.696. The first-order valence-electron chi connectivity index (χ1n) is 11.4. The second kappa shape index (κ2) is 7.98. The van der Waals surface area contributed by atoms with Gasteiger partial charge in [0.05, 0.1) is 6.54 Å². The fourth-order valence-electron chi connectivity index (χ4n) is 6.78. The number of likely N-dealkylation sites (tertiary alicyclic amines) is 1. The summed E-state index contributed by atoms with van der Waals surface area (Å²) in [4.78, 5) is 39.7. The number of nitrogens with one attached hydrogen (secondary N) is 2. The smallest absolute Gasteiger partial charge is 0.252 e. The van der Waals surface area contributed by atoms with Crippen LogP contribution in [0.25, 0.3) is 0 Å². The minimum absolute atomic E-state index is 0.00399. The molecule has 6 nitrogen and oxygen atoms in total. The van der Waals surface area contributed by atoms with E-state index < -0.39 is 0 Å². The van der Waals surface area contributed by atoms with Crippen LogP contribution in [-0.2, 0) is 9.59 Å². The van der Waals surface area contributed by atoms with Crippen LogP contribution in [-0.4, -0.2) is 48.3 Å². The van der Waals surface area contributed by atoms with Gasteiger partial charge in [0.25, 0.3) is 5.91 Å². The first-order chi connectivity index (χ1) is 14.5. The molecule has 0 atom stereocenters. The summed E-state index contributed by atoms with van der Waals surface area (Å²) in [5, 5.41) is 9.81. The van der Waals surface area contributed by atoms with E-state index in [9.17, 15) is 14.4 Å². The van der Waals surface area contributed by atoms with Gasteiger partial charge < -0.3 is 15.5 Å². The number of hydrogen-bond donors (Lipinski definition) is 2. The third kappa shape index (κ3) is 3.88. The highest BCUT2D eigenvalue weighted by Crippen LogP contribution is 2.60. The van der Waals surface area contributed by atoms with Crippen molar-refractivity contribution in [2.75, 3.05) is 19.6 Å². The van der Waals surface area contributed by atoms with Crippen LogP contribution in [0.3, 0.4) is 0 Å². The Morgan fingerprint density at radius 1 is 1.03 bits per heavy atom. The van der Waals surface area contributed by atoms with E-state index >= 15 is 0 Å². The molecule has 5 fully saturated rings. The monoisotopic (exact) mass is 429 g/mol. The van der Waals surface area contributed by atoms with Gasteiger partial charge in [-0.2, -0.15) is 11.3 Å². The Balaban J connectivity index is 1.08. The van der Waals surface area contributed by atoms with Gasteiger partial charge in [0.1, 0.15) is 0 Å². The maximum absolute atomic E-state index is 13.0. The molecule has 1 aromatic heterocycles. The molecule has 2 N–H and O–H groups in total. The van der Waals surface area contributed by atoms with Crippen molar-refractivity contribution >= 4 is 29.1 Å². The van der Waals surface area contributed by atoms with Crippen molar-refractivity contribution in [3.05, 3.63) is 22.4 Å². The third-order valence-corrected chi connectivity index (χ3v) is 8.57. The molecule has 4 bridgehead atoms. The zero-order chi connectivity index (χ0) is 20.7. The number of rotatable bonds is 5. The minimum atomic E-state index is -0.200. The topological polar surface area (TPSA) is 78.5 Å². The van der Waals surface area contributed by atoms with Gasteiger partial charge in [-0.05, 0) is 80.6 Å². The first kappa shape index (κ1) is 20.0. The predicted molar refractivity (Wildman–Crippen MR) is 115 cm³/mol. The number of carbonyl (C=O) groups excluding carboxylic acids is 3. The lowest BCUT2D eigenvalue weighted by molar-refractivity contribution is -0.148. The predicted octanol–water partition coefficient (Wildman–Crippen LogP) is 2.80. The molecule has 0 spiro atoms. The van der Waals surface area contributed by atoms with Crippen LogP contribution in [0.2, 0.25) is 0 Å². The van der Waals surface area contributed by atoms with Crippen molar-refractivity contribution < 1.29 is 14.4 Å². The molecule has 3 amide bonds. The number of piperidine rings is 1. The van der Waals surface area contributed by atoms with Gasteiger partial charge in [0.2, 0.25) is 11.8 Å². The molecule has 7 heteroatoms. The summed E-state index contributed by atoms with van der Waals surface area (Å²) in [6, 6.07) is 1.92. The highest BCUT2D eigenvalue weighted by molar-refractivity contribution is 7.08. The summed E-state index contributed by atoms with van der Waals surface area (Å²) >= 11 is 1.51. The summed E-state index contributed by atoms with van der Waals surface area (Å²) in [5.74, 6) is 2.25. The van der Waals surface area contributed by atoms with Crippen molar-refractivity contribution in [2.45, 2.75) is 57.4 Å². The second-order valence-corrected chi connectivity index (χ2v) is 10.8. The Morgan fingerprint density at radius 3 is 2.23 bits per heavy atom. The maximum Gasteiger partial charge on any atom is 0.252 e. The number of carbonyl (C=O) groups is 3. The average Bonchev–Trinajstić information content (AvgIpc) is 3.26. The van der Waals surface area contributed by atoms with Crippen LogP contribution < -0.4 is 10.6 Å². The Hall–Kier alpha value is -1.89. The van der Waals surface area contributed by atoms with Crippen molar-refractivity contribution in [3.8, 4) is 0 Å². The van der Waals surface area contributed by atoms with Crippen LogP contribution in [0.5, 0.6) is 0 Å². The van der Waals surface area contributed by atoms with E-state index in [0.717, 1.165) is 49.9 Å². The van der Waals surface area contributed by atoms with E-state index in [4.69, 9.17) is 0 Å². The van der Waals surface area contributed by atoms with Gasteiger partial charge in [-0.3, -0.25) is 14.4 Å². The zero-order valence-electron chi connectivity index (χ0n) is 17.4. The summed E-state index contributed by atoms with van der Waals surface area (Å²) in [5.41, 5.74) is 0.499. The first-order valence-corrected chi connectivity index (χ1v) is 12.3. The molecule has 1 saturated heterocycles. The lowest BCUT2D eigenvalue weighted by Gasteiger charge is -2.55. The van der Waals surface area contributed by atoms with Crippen LogP contribution >= 0.6 is 11.3 Å². The van der Waals surface area contributed by atoms with Gasteiger partial charge in [-0.25, -0.2) is 0 Å². The number of nitrogens with zero attached hydrogens (tertiary/aromatic N) is 1. The lowest BCUT2D eigenvalue weighted by atomic mass is 9.49. The Morgan fingerprint density at radius 2 is 1.67 bits per heavy atom. The van der Waals surface area contributed by atoms with Crippen molar-refractivity contribution in [3.63, 3.8) is 0 Å². The highest BCUT2D eigenvalue weighted by Gasteiger charge is 2.54. The quantitative estimate of drug-likeness (QED) is 0.756. The largest absolute Gasteiger partial charge is 0.349 e. The molecule has 2 heterocycles. The third-order valence-electron chi connectivity index (χ3n) is 7.89. The second-order valence-electron chi connectivity index (χ2n) is 10.0. The minimum Gasteiger partial charge on any atom is -0.349 e. The van der Waals surface area contributed by atoms with Crippen LogP contribution in [0.15, 0.2) is 16.8 Å². The standard InChI is InChI=1S/C23H31N3O3S/c27-20(26-4-1-19(2-5-26)25-21(28)18-3-6-30-14-18)13-24-22(29)23-10-15-7-16(11-23)9-17(8-15)12-23/h3,6,14-17,19H,1-2,4-5,7-13H2,(H,24,29)(H,25,28). The summed E-state index contributed by atoms with van der Waals surface area (Å²) in [7, 11) is 0. The molecule has 0 unspecified atom stereocenters. The molecule has 30 heavy (non-hydrogen) atoms. The molecule has 0 radical (unpaired) electrons. The zero-order valence-corrected chi connectivity index (χ0v) is 18.2. The van der Waals surface area contributed by atoms with E-state index in [1.165, 1.54) is 30.6 Å². The number of amides is 3. The van der Waals surface area contributed by atoms with Gasteiger partial charge in [0, 0.05) is 35.5 Å². The van der Waals surface area contributed by atoms with Gasteiger partial charge in [-0.15, -0.1) is 0 Å². The van der Waals surface area contributed by atoms with Crippen molar-refractivity contribution in [2.24, 2.45) is 23.2 Å². The van der Waals surface area contributed by atoms with Crippen LogP contribution in [0.4, 0.5) is 0 Å². The Kier molecular flexibility index (Phi) is 5.33. The van der Waals surface area contributed by atoms with Crippen molar-refractivity contribution in [1.82, 2.24) is 15.5 Å². The molecular formula is C23H31N3O3S. The van der Waals surface area contributed by atoms with E-state index in [2.05, 4.69) is 10.6 Å². The molecule has 1 aliphatic heterocycles. The lowest BCUT2D eigenvalue weighted by Crippen LogP contribution is -2.55. The number of thiophene rings is 1. The Labute approximate surface area is 181 Å². The van der Waals surface area contributed by atoms with E-state index in [0.29, 0.717) is 18.7 Å². The Bertz CT molecular complexity index is 778. The van der Waals surface area contributed by atoms with Gasteiger partial charge >= 0.3 is 0 Å². The highest BCUT2D eigenvalue weighted by atomic mass is 32.1. The SMILES string of the molecule is O=C(NC1CCN(C(=O)CNC(=O)C23CC4CC(CC(C4)C2)C3)CC1)c1ccsc1. The molecule has 4 saturated carbocycles. The maximum atomic E-state index is 13.0. The summed E-state index contributed by atoms with van der Waals surface area (Å²) in [6.07, 6.45) is 8.50. The van der Waals surface area contributed by atoms with E-state index in [-0.39, 0.29) is 35.7 Å². The van der Waals surface area contributed by atoms with E-state index in [1.54, 1.807) is 0 Å². The van der Waals surface area contributed by atoms with Crippen molar-refractivity contribution in [1.29, 1.82) is 0 Å². The van der Waals surface area contributed by atoms with Crippen LogP contribution in [0, 0.1) is 23.2 Å². The van der Waals surface area contributed by atoms with Gasteiger partial charge in [-0.1, -0.05) is 0 Å². The molecule has 6 rings (SSSR count). The molecule has 5 aliphatic rings. The molecule has 1 aromatic rings. The van der Waals surface area contributed by atoms with E-state index in [1.807, 2.05) is 21.7 Å². The molecule has 162 valence electrons. The number of hydrogen-bond acceptors (Lipinski definition) is 4. The molecule has 4 aliphatic carbocycles. The molecule has 0 aromatic carbocycles. The van der Waals surface area contributed by atoms with Crippen LogP contribution in [0.1, 0.15) is 61.7 Å². The molecular weight excluding hydrogens is 398 g/mol. The van der Waals surface area contributed by atoms with Gasteiger partial charge in [0.15, 0.2) is 0 Å². The summed E-state index contributed by atoms with van der Waals surface area (Å²) in [6.45, 7) is 1.35. The average molecular weight is 430 g/mol. The summed E-state index contributed by atoms with van der Waals surface area (Å²) < 4.78 is 0. The normalized spacial score (nSPS) is 32.8.